The van der Waals surface area contributed by atoms with Crippen molar-refractivity contribution in [1.82, 2.24) is 25.0 Å². The highest BCUT2D eigenvalue weighted by Crippen LogP contribution is 2.35. The molecule has 0 bridgehead atoms. The van der Waals surface area contributed by atoms with E-state index in [-0.39, 0.29) is 0 Å². The highest BCUT2D eigenvalue weighted by Gasteiger charge is 2.32. The maximum atomic E-state index is 4.27. The molecule has 2 aromatic heterocycles. The fourth-order valence-corrected chi connectivity index (χ4v) is 3.28. The van der Waals surface area contributed by atoms with Gasteiger partial charge in [-0.15, -0.1) is 0 Å². The predicted octanol–water partition coefficient (Wildman–Crippen LogP) is 1.60. The Morgan fingerprint density at radius 1 is 1.29 bits per heavy atom. The SMILES string of the molecule is CN1CC[C@@H](CNCc2ccnn2C)[C@@H]1c1cccnc1. The van der Waals surface area contributed by atoms with Gasteiger partial charge >= 0.3 is 0 Å². The molecule has 3 rings (SSSR count). The number of rotatable bonds is 5. The van der Waals surface area contributed by atoms with E-state index in [9.17, 15) is 0 Å². The van der Waals surface area contributed by atoms with Crippen molar-refractivity contribution in [2.24, 2.45) is 13.0 Å². The summed E-state index contributed by atoms with van der Waals surface area (Å²) in [5, 5.41) is 7.78. The average molecular weight is 285 g/mol. The summed E-state index contributed by atoms with van der Waals surface area (Å²) in [7, 11) is 4.19. The predicted molar refractivity (Wildman–Crippen MR) is 82.6 cm³/mol. The molecular formula is C16H23N5. The van der Waals surface area contributed by atoms with E-state index in [1.54, 1.807) is 0 Å². The van der Waals surface area contributed by atoms with Crippen LogP contribution in [0.3, 0.4) is 0 Å². The van der Waals surface area contributed by atoms with Crippen molar-refractivity contribution in [3.8, 4) is 0 Å². The molecule has 1 fully saturated rings. The van der Waals surface area contributed by atoms with Crippen molar-refractivity contribution >= 4 is 0 Å². The maximum Gasteiger partial charge on any atom is 0.0518 e. The van der Waals surface area contributed by atoms with Crippen LogP contribution in [0.25, 0.3) is 0 Å². The van der Waals surface area contributed by atoms with Crippen LogP contribution in [0, 0.1) is 5.92 Å². The van der Waals surface area contributed by atoms with Crippen LogP contribution in [0.15, 0.2) is 36.8 Å². The summed E-state index contributed by atoms with van der Waals surface area (Å²) in [6.45, 7) is 3.04. The lowest BCUT2D eigenvalue weighted by Crippen LogP contribution is -2.28. The first-order valence-corrected chi connectivity index (χ1v) is 7.53. The van der Waals surface area contributed by atoms with Crippen molar-refractivity contribution < 1.29 is 0 Å². The molecule has 0 amide bonds. The summed E-state index contributed by atoms with van der Waals surface area (Å²) < 4.78 is 1.92. The first kappa shape index (κ1) is 14.2. The van der Waals surface area contributed by atoms with Crippen LogP contribution in [-0.4, -0.2) is 39.8 Å². The highest BCUT2D eigenvalue weighted by atomic mass is 15.3. The Hall–Kier alpha value is -1.72. The largest absolute Gasteiger partial charge is 0.311 e. The zero-order valence-corrected chi connectivity index (χ0v) is 12.7. The lowest BCUT2D eigenvalue weighted by Gasteiger charge is -2.25. The molecule has 3 heterocycles. The minimum absolute atomic E-state index is 0.470. The molecule has 5 heteroatoms. The standard InChI is InChI=1S/C16H23N5/c1-20-9-6-14(16(20)13-4-3-7-17-10-13)11-18-12-15-5-8-19-21(15)2/h3-5,7-8,10,14,16,18H,6,9,11-12H2,1-2H3/t14-,16-/m0/s1. The van der Waals surface area contributed by atoms with Crippen LogP contribution in [0.2, 0.25) is 0 Å². The van der Waals surface area contributed by atoms with Crippen molar-refractivity contribution in [3.05, 3.63) is 48.0 Å². The molecule has 2 aromatic rings. The van der Waals surface area contributed by atoms with Crippen molar-refractivity contribution in [2.75, 3.05) is 20.1 Å². The quantitative estimate of drug-likeness (QED) is 0.906. The first-order valence-electron chi connectivity index (χ1n) is 7.53. The monoisotopic (exact) mass is 285 g/mol. The van der Waals surface area contributed by atoms with Gasteiger partial charge in [0.05, 0.1) is 5.69 Å². The van der Waals surface area contributed by atoms with Gasteiger partial charge in [0, 0.05) is 44.8 Å². The van der Waals surface area contributed by atoms with Gasteiger partial charge < -0.3 is 5.32 Å². The number of likely N-dealkylation sites (tertiary alicyclic amines) is 1. The minimum Gasteiger partial charge on any atom is -0.311 e. The second kappa shape index (κ2) is 6.37. The maximum absolute atomic E-state index is 4.27. The van der Waals surface area contributed by atoms with Crippen molar-refractivity contribution in [3.63, 3.8) is 0 Å². The summed E-state index contributed by atoms with van der Waals surface area (Å²) in [4.78, 5) is 6.71. The molecule has 1 saturated heterocycles. The molecule has 0 aliphatic carbocycles. The van der Waals surface area contributed by atoms with E-state index in [0.29, 0.717) is 12.0 Å². The number of hydrogen-bond acceptors (Lipinski definition) is 4. The number of nitrogens with zero attached hydrogens (tertiary/aromatic N) is 4. The van der Waals surface area contributed by atoms with Gasteiger partial charge in [-0.3, -0.25) is 14.6 Å². The summed E-state index contributed by atoms with van der Waals surface area (Å²) >= 11 is 0. The van der Waals surface area contributed by atoms with E-state index in [4.69, 9.17) is 0 Å². The average Bonchev–Trinajstić information content (AvgIpc) is 3.07. The van der Waals surface area contributed by atoms with Gasteiger partial charge in [-0.1, -0.05) is 6.07 Å². The molecule has 0 spiro atoms. The molecule has 1 N–H and O–H groups in total. The molecule has 0 radical (unpaired) electrons. The zero-order valence-electron chi connectivity index (χ0n) is 12.7. The number of hydrogen-bond donors (Lipinski definition) is 1. The molecule has 2 atom stereocenters. The van der Waals surface area contributed by atoms with Crippen LogP contribution in [-0.2, 0) is 13.6 Å². The lowest BCUT2D eigenvalue weighted by atomic mass is 9.95. The van der Waals surface area contributed by atoms with Crippen LogP contribution < -0.4 is 5.32 Å². The Morgan fingerprint density at radius 2 is 2.19 bits per heavy atom. The smallest absolute Gasteiger partial charge is 0.0518 e. The second-order valence-electron chi connectivity index (χ2n) is 5.84. The Labute approximate surface area is 126 Å². The van der Waals surface area contributed by atoms with E-state index >= 15 is 0 Å². The Kier molecular flexibility index (Phi) is 4.31. The third-order valence-electron chi connectivity index (χ3n) is 4.44. The van der Waals surface area contributed by atoms with E-state index in [1.165, 1.54) is 17.7 Å². The summed E-state index contributed by atoms with van der Waals surface area (Å²) in [5.41, 5.74) is 2.55. The minimum atomic E-state index is 0.470. The fraction of sp³-hybridized carbons (Fsp3) is 0.500. The van der Waals surface area contributed by atoms with E-state index in [0.717, 1.165) is 19.6 Å². The van der Waals surface area contributed by atoms with Crippen molar-refractivity contribution in [1.29, 1.82) is 0 Å². The molecule has 21 heavy (non-hydrogen) atoms. The number of aromatic nitrogens is 3. The Bertz CT molecular complexity index is 565. The van der Waals surface area contributed by atoms with Crippen LogP contribution in [0.4, 0.5) is 0 Å². The van der Waals surface area contributed by atoms with Gasteiger partial charge in [-0.05, 0) is 43.6 Å². The lowest BCUT2D eigenvalue weighted by molar-refractivity contribution is 0.271. The van der Waals surface area contributed by atoms with E-state index in [2.05, 4.69) is 39.5 Å². The molecule has 0 aromatic carbocycles. The topological polar surface area (TPSA) is 46.0 Å². The highest BCUT2D eigenvalue weighted by molar-refractivity contribution is 5.17. The summed E-state index contributed by atoms with van der Waals surface area (Å²) in [6, 6.07) is 6.75. The summed E-state index contributed by atoms with van der Waals surface area (Å²) in [5.74, 6) is 0.632. The molecular weight excluding hydrogens is 262 g/mol. The zero-order chi connectivity index (χ0) is 14.7. The van der Waals surface area contributed by atoms with Gasteiger partial charge in [-0.25, -0.2) is 0 Å². The van der Waals surface area contributed by atoms with Crippen LogP contribution in [0.5, 0.6) is 0 Å². The number of nitrogens with one attached hydrogen (secondary N) is 1. The first-order chi connectivity index (χ1) is 10.3. The molecule has 5 nitrogen and oxygen atoms in total. The number of aryl methyl sites for hydroxylation is 1. The molecule has 0 unspecified atom stereocenters. The normalized spacial score (nSPS) is 22.8. The van der Waals surface area contributed by atoms with E-state index in [1.807, 2.05) is 36.4 Å². The molecule has 0 saturated carbocycles. The van der Waals surface area contributed by atoms with Gasteiger partial charge in [0.25, 0.3) is 0 Å². The van der Waals surface area contributed by atoms with E-state index < -0.39 is 0 Å². The van der Waals surface area contributed by atoms with Gasteiger partial charge in [0.1, 0.15) is 0 Å². The molecule has 112 valence electrons. The third kappa shape index (κ3) is 3.14. The second-order valence-corrected chi connectivity index (χ2v) is 5.84. The Balaban J connectivity index is 1.60. The summed E-state index contributed by atoms with van der Waals surface area (Å²) in [6.07, 6.45) is 6.92. The van der Waals surface area contributed by atoms with Crippen LogP contribution >= 0.6 is 0 Å². The Morgan fingerprint density at radius 3 is 2.90 bits per heavy atom. The van der Waals surface area contributed by atoms with Gasteiger partial charge in [-0.2, -0.15) is 5.10 Å². The fourth-order valence-electron chi connectivity index (χ4n) is 3.28. The molecule has 1 aliphatic rings. The van der Waals surface area contributed by atoms with Crippen molar-refractivity contribution in [2.45, 2.75) is 19.0 Å². The van der Waals surface area contributed by atoms with Crippen LogP contribution in [0.1, 0.15) is 23.7 Å². The molecule has 1 aliphatic heterocycles. The van der Waals surface area contributed by atoms with Gasteiger partial charge in [0.2, 0.25) is 0 Å². The third-order valence-corrected chi connectivity index (χ3v) is 4.44. The van der Waals surface area contributed by atoms with Gasteiger partial charge in [0.15, 0.2) is 0 Å². The number of pyridine rings is 1.